The monoisotopic (exact) mass is 1980 g/mol. The topological polar surface area (TPSA) is 244 Å². The van der Waals surface area contributed by atoms with Gasteiger partial charge in [0.2, 0.25) is 0 Å². The van der Waals surface area contributed by atoms with E-state index in [9.17, 15) is 0 Å². The third kappa shape index (κ3) is 37.5. The van der Waals surface area contributed by atoms with Gasteiger partial charge in [0.05, 0.1) is 45.6 Å². The van der Waals surface area contributed by atoms with Crippen molar-refractivity contribution in [2.24, 2.45) is 0 Å². The molecule has 8 fully saturated rings. The predicted molar refractivity (Wildman–Crippen MR) is 490 cm³/mol. The fraction of sp³-hybridized carbons (Fsp3) is 0.773. The fourth-order valence-corrected chi connectivity index (χ4v) is 20.8. The van der Waals surface area contributed by atoms with Gasteiger partial charge in [-0.25, -0.2) is 0 Å². The summed E-state index contributed by atoms with van der Waals surface area (Å²) in [4.78, 5) is 19.9. The van der Waals surface area contributed by atoms with Gasteiger partial charge < -0.3 is 85.1 Å². The first-order valence-electron chi connectivity index (χ1n) is 46.0. The molecule has 32 heteroatoms. The van der Waals surface area contributed by atoms with Gasteiger partial charge in [-0.3, -0.25) is 19.9 Å². The Bertz CT molecular complexity index is 2930. The minimum Gasteiger partial charge on any atom is -0.311 e. The number of nitrogens with zero attached hydrogens (tertiary/aromatic N) is 4. The van der Waals surface area contributed by atoms with Crippen molar-refractivity contribution in [2.45, 2.75) is 380 Å². The molecule has 16 rings (SSSR count). The second kappa shape index (κ2) is 61.9. The Morgan fingerprint density at radius 1 is 0.208 bits per heavy atom. The van der Waals surface area contributed by atoms with E-state index in [-0.39, 0.29) is 76.7 Å². The van der Waals surface area contributed by atoms with E-state index in [1.165, 1.54) is 251 Å². The quantitative estimate of drug-likeness (QED) is 0.0732. The Labute approximate surface area is 781 Å². The number of fused-ring (bicyclic) bond motifs is 16. The van der Waals surface area contributed by atoms with Gasteiger partial charge in [0.25, 0.3) is 0 Å². The molecular weight excluding hydrogens is 1840 g/mol. The second-order valence-electron chi connectivity index (χ2n) is 35.1. The fourth-order valence-electron chi connectivity index (χ4n) is 20.8. The first-order chi connectivity index (χ1) is 58.8. The summed E-state index contributed by atoms with van der Waals surface area (Å²) in [6.45, 7) is 21.1. The molecule has 0 unspecified atom stereocenters. The average molecular weight is 1990 g/mol. The minimum absolute atomic E-state index is 0.00694. The van der Waals surface area contributed by atoms with Gasteiger partial charge in [-0.15, -0.1) is 0 Å². The zero-order chi connectivity index (χ0) is 84.7. The van der Waals surface area contributed by atoms with Crippen molar-refractivity contribution < 1.29 is 52.5 Å². The van der Waals surface area contributed by atoms with Crippen LogP contribution in [0.3, 0.4) is 0 Å². The van der Waals surface area contributed by atoms with E-state index in [0.29, 0.717) is 96.7 Å². The van der Waals surface area contributed by atoms with Crippen LogP contribution >= 0.6 is 80.8 Å². The van der Waals surface area contributed by atoms with Gasteiger partial charge in [-0.05, 0) is 179 Å². The summed E-state index contributed by atoms with van der Waals surface area (Å²) < 4.78 is 0. The maximum absolute atomic E-state index is 5.06. The normalized spacial score (nSPS) is 33.0. The Kier molecular flexibility index (Phi) is 53.7. The average Bonchev–Trinajstić information content (AvgIpc) is 1.28. The van der Waals surface area contributed by atoms with Crippen LogP contribution in [0.2, 0.25) is 0 Å². The van der Waals surface area contributed by atoms with Crippen molar-refractivity contribution in [1.82, 2.24) is 105 Å². The molecule has 12 aliphatic rings. The molecule has 20 nitrogen and oxygen atoms in total. The van der Waals surface area contributed by atoms with Gasteiger partial charge in [0.15, 0.2) is 0 Å². The SMILES string of the molecule is C[C@@H]1N[C@@H]2CCCC[C@H]2NCCN[C@@H]2CCCC[C@H]2N[C@@H](C)c2cccc1n2.C[C@@H]1N[C@H]2CCCC[C@H]2NCCN[C@@H]2CCCC[C@@H]2N[C@@H](C)c2cccc1n2.[Cl][Mn][Cl].[Cl][Mn][Cl].[Cl][Mn][Cl].[Cl][Mn][Cl].c1cc2nc(c1)CN[C@@H]1CCCC[C@H]1NCCN[C@@H]1CCCC[C@H]1NC2.c1cc2nc(c1)CN[C@H]1CCCC[C@@H]1NCCN[C@H]1CCCC[C@@H]1NC2. The van der Waals surface area contributed by atoms with E-state index in [0.717, 1.165) is 78.5 Å². The molecule has 0 aromatic carbocycles. The molecule has 0 radical (unpaired) electrons. The maximum Gasteiger partial charge on any atom is 0.0545 e. The third-order valence-corrected chi connectivity index (χ3v) is 27.0. The van der Waals surface area contributed by atoms with Crippen LogP contribution in [0.5, 0.6) is 0 Å². The van der Waals surface area contributed by atoms with Crippen LogP contribution < -0.4 is 85.1 Å². The van der Waals surface area contributed by atoms with Crippen molar-refractivity contribution in [2.75, 3.05) is 52.4 Å². The van der Waals surface area contributed by atoms with E-state index >= 15 is 0 Å². The van der Waals surface area contributed by atoms with E-state index in [1.807, 2.05) is 0 Å². The van der Waals surface area contributed by atoms with E-state index in [4.69, 9.17) is 101 Å². The molecule has 120 heavy (non-hydrogen) atoms. The molecule has 4 aromatic heterocycles. The molecule has 20 atom stereocenters. The molecule has 0 saturated heterocycles. The predicted octanol–water partition coefficient (Wildman–Crippen LogP) is 16.1. The van der Waals surface area contributed by atoms with Crippen molar-refractivity contribution in [3.8, 4) is 0 Å². The summed E-state index contributed by atoms with van der Waals surface area (Å²) in [5.74, 6) is 0. The van der Waals surface area contributed by atoms with Gasteiger partial charge in [0.1, 0.15) is 0 Å². The van der Waals surface area contributed by atoms with Crippen LogP contribution in [0, 0.1) is 0 Å². The van der Waals surface area contributed by atoms with Crippen molar-refractivity contribution in [1.29, 1.82) is 0 Å². The van der Waals surface area contributed by atoms with Crippen LogP contribution in [0.1, 0.15) is 303 Å². The summed E-state index contributed by atoms with van der Waals surface area (Å²) in [7, 11) is 38.4. The van der Waals surface area contributed by atoms with Crippen LogP contribution in [0.4, 0.5) is 0 Å². The molecular formula is C88H148Cl8Mn4N20. The number of pyridine rings is 4. The van der Waals surface area contributed by atoms with Crippen LogP contribution in [-0.4, -0.2) is 169 Å². The Hall–Kier alpha value is 0.358. The Morgan fingerprint density at radius 3 is 0.525 bits per heavy atom. The molecule has 16 N–H and O–H groups in total. The zero-order valence-corrected chi connectivity index (χ0v) is 82.7. The summed E-state index contributed by atoms with van der Waals surface area (Å²) in [5.41, 5.74) is 9.35. The summed E-state index contributed by atoms with van der Waals surface area (Å²) in [6.07, 6.45) is 41.9. The maximum atomic E-state index is 5.06. The van der Waals surface area contributed by atoms with E-state index in [2.05, 4.69) is 186 Å². The molecule has 684 valence electrons. The van der Waals surface area contributed by atoms with Crippen molar-refractivity contribution >= 4 is 80.8 Å². The molecule has 8 bridgehead atoms. The van der Waals surface area contributed by atoms with Crippen LogP contribution in [0.25, 0.3) is 0 Å². The van der Waals surface area contributed by atoms with E-state index in [1.54, 1.807) is 0 Å². The van der Waals surface area contributed by atoms with Crippen molar-refractivity contribution in [3.63, 3.8) is 0 Å². The van der Waals surface area contributed by atoms with E-state index < -0.39 is 0 Å². The first-order valence-corrected chi connectivity index (χ1v) is 59.0. The Morgan fingerprint density at radius 2 is 0.350 bits per heavy atom. The van der Waals surface area contributed by atoms with Gasteiger partial charge >= 0.3 is 133 Å². The number of aromatic nitrogens is 4. The second-order valence-corrected chi connectivity index (χ2v) is 42.9. The molecule has 4 aromatic rings. The number of halogens is 8. The number of rotatable bonds is 0. The molecule has 8 saturated carbocycles. The number of hydrogen-bond acceptors (Lipinski definition) is 20. The summed E-state index contributed by atoms with van der Waals surface area (Å²) >= 11 is 0.0278. The standard InChI is InChI=1S/2C23H39N5.2C21H35N5.8ClH.4Mn/c2*1-16-18-12-7-13-19(28-18)17(2)27-23-11-6-4-9-21(23)25-15-14-24-20-8-3-5-10-22(20)26-16;2*1-3-10-20-18(8-1)22-12-13-23-19-9-2-4-11-21(19)25-15-17-7-5-6-16(26-17)14-24-20;;;;;;;;;;;;/h2*7,12-13,16-17,20-27H,3-6,8-11,14-15H2,1-2H3;2*5-7,18-25H,1-4,8-15H2;8*1H;;;;/q;;;;;;;;;;;;4*+2/p-8/t16-,17-,20+,21+,22+,23+;16-,17-,20+,21+,22-,23-;2*18-,19-,20-,21-;;;;;;;;;;;;/m0010............/s1. The Balaban J connectivity index is 0.000000174. The minimum atomic E-state index is 0.00694. The molecule has 0 spiro atoms. The molecule has 8 heterocycles. The zero-order valence-electron chi connectivity index (χ0n) is 71.9. The number of nitrogens with one attached hydrogen (secondary N) is 16. The largest absolute Gasteiger partial charge is 0.311 e. The third-order valence-electron chi connectivity index (χ3n) is 27.0. The smallest absolute Gasteiger partial charge is 0.0545 e. The van der Waals surface area contributed by atoms with Crippen LogP contribution in [0.15, 0.2) is 72.8 Å². The summed E-state index contributed by atoms with van der Waals surface area (Å²) in [5, 5.41) is 61.5. The molecule has 0 amide bonds. The first kappa shape index (κ1) is 104. The summed E-state index contributed by atoms with van der Waals surface area (Å²) in [6, 6.07) is 36.3. The molecule has 4 aliphatic heterocycles. The van der Waals surface area contributed by atoms with Crippen molar-refractivity contribution in [3.05, 3.63) is 118 Å². The van der Waals surface area contributed by atoms with Gasteiger partial charge in [-0.2, -0.15) is 0 Å². The van der Waals surface area contributed by atoms with Crippen LogP contribution in [-0.2, 0) is 78.7 Å². The number of hydrogen-bond donors (Lipinski definition) is 16. The van der Waals surface area contributed by atoms with Gasteiger partial charge in [0, 0.05) is 199 Å². The van der Waals surface area contributed by atoms with Gasteiger partial charge in [-0.1, -0.05) is 127 Å². The molecule has 8 aliphatic carbocycles.